The molecule has 2 rings (SSSR count). The molecule has 0 saturated carbocycles. The number of nitrogens with two attached hydrogens (primary N) is 2. The van der Waals surface area contributed by atoms with Gasteiger partial charge >= 0.3 is 0 Å². The molecule has 15 heavy (non-hydrogen) atoms. The highest BCUT2D eigenvalue weighted by atomic mass is 32.1. The zero-order chi connectivity index (χ0) is 10.8. The summed E-state index contributed by atoms with van der Waals surface area (Å²) >= 11 is 4.51. The van der Waals surface area contributed by atoms with Gasteiger partial charge in [0.2, 0.25) is 0 Å². The second-order valence-electron chi connectivity index (χ2n) is 3.71. The summed E-state index contributed by atoms with van der Waals surface area (Å²) in [5.74, 6) is 0.279. The minimum Gasteiger partial charge on any atom is -0.399 e. The minimum atomic E-state index is 0.138. The largest absolute Gasteiger partial charge is 0.399 e. The van der Waals surface area contributed by atoms with Crippen molar-refractivity contribution in [1.82, 2.24) is 0 Å². The van der Waals surface area contributed by atoms with Crippen LogP contribution in [0, 0.1) is 0 Å². The van der Waals surface area contributed by atoms with Gasteiger partial charge in [-0.15, -0.1) is 0 Å². The number of hydrogen-bond acceptors (Lipinski definition) is 3. The standard InChI is InChI=1S/C12H14N2S/c13-9-3-1-8(2-4-9)11-6-5-10(14)7-12(11)15/h1-7,11-12,15H,13-14H2. The topological polar surface area (TPSA) is 52.0 Å². The maximum atomic E-state index is 5.69. The number of rotatable bonds is 1. The van der Waals surface area contributed by atoms with E-state index in [0.29, 0.717) is 0 Å². The molecule has 2 nitrogen and oxygen atoms in total. The molecule has 0 saturated heterocycles. The molecule has 0 amide bonds. The van der Waals surface area contributed by atoms with Gasteiger partial charge in [0.05, 0.1) is 0 Å². The van der Waals surface area contributed by atoms with Gasteiger partial charge in [-0.1, -0.05) is 18.2 Å². The van der Waals surface area contributed by atoms with E-state index in [0.717, 1.165) is 11.4 Å². The Bertz CT molecular complexity index is 406. The molecule has 0 aliphatic heterocycles. The lowest BCUT2D eigenvalue weighted by Crippen LogP contribution is -2.14. The predicted molar refractivity (Wildman–Crippen MR) is 67.8 cm³/mol. The van der Waals surface area contributed by atoms with Crippen LogP contribution in [0.25, 0.3) is 0 Å². The first-order valence-electron chi connectivity index (χ1n) is 4.86. The first-order chi connectivity index (χ1) is 7.16. The van der Waals surface area contributed by atoms with Crippen LogP contribution < -0.4 is 11.5 Å². The van der Waals surface area contributed by atoms with Crippen molar-refractivity contribution in [3.8, 4) is 0 Å². The molecule has 1 aromatic carbocycles. The van der Waals surface area contributed by atoms with Crippen LogP contribution in [0.1, 0.15) is 11.5 Å². The van der Waals surface area contributed by atoms with Crippen molar-refractivity contribution in [2.24, 2.45) is 5.73 Å². The van der Waals surface area contributed by atoms with E-state index in [1.165, 1.54) is 5.56 Å². The summed E-state index contributed by atoms with van der Waals surface area (Å²) in [5.41, 5.74) is 14.1. The van der Waals surface area contributed by atoms with Crippen molar-refractivity contribution >= 4 is 18.3 Å². The SMILES string of the molecule is NC1=CC(S)C(c2ccc(N)cc2)C=C1. The molecule has 78 valence electrons. The summed E-state index contributed by atoms with van der Waals surface area (Å²) in [6.07, 6.45) is 5.97. The molecule has 2 atom stereocenters. The maximum absolute atomic E-state index is 5.69. The summed E-state index contributed by atoms with van der Waals surface area (Å²) in [4.78, 5) is 0. The van der Waals surface area contributed by atoms with Gasteiger partial charge < -0.3 is 11.5 Å². The van der Waals surface area contributed by atoms with Crippen molar-refractivity contribution in [3.05, 3.63) is 53.8 Å². The molecule has 0 fully saturated rings. The molecule has 0 spiro atoms. The van der Waals surface area contributed by atoms with Gasteiger partial charge in [0, 0.05) is 22.6 Å². The highest BCUT2D eigenvalue weighted by molar-refractivity contribution is 7.81. The molecule has 1 aliphatic carbocycles. The zero-order valence-electron chi connectivity index (χ0n) is 8.30. The summed E-state index contributed by atoms with van der Waals surface area (Å²) in [6.45, 7) is 0. The fourth-order valence-electron chi connectivity index (χ4n) is 1.71. The normalized spacial score (nSPS) is 25.0. The third-order valence-electron chi connectivity index (χ3n) is 2.55. The molecular formula is C12H14N2S. The summed E-state index contributed by atoms with van der Waals surface area (Å²) in [5, 5.41) is 0.138. The van der Waals surface area contributed by atoms with Crippen LogP contribution in [0.3, 0.4) is 0 Å². The quantitative estimate of drug-likeness (QED) is 0.499. The summed E-state index contributed by atoms with van der Waals surface area (Å²) < 4.78 is 0. The average Bonchev–Trinajstić information content (AvgIpc) is 2.20. The molecule has 2 unspecified atom stereocenters. The van der Waals surface area contributed by atoms with Crippen LogP contribution in [0.2, 0.25) is 0 Å². The summed E-state index contributed by atoms with van der Waals surface area (Å²) in [6, 6.07) is 7.88. The zero-order valence-corrected chi connectivity index (χ0v) is 9.19. The smallest absolute Gasteiger partial charge is 0.0323 e. The maximum Gasteiger partial charge on any atom is 0.0323 e. The lowest BCUT2D eigenvalue weighted by molar-refractivity contribution is 0.864. The van der Waals surface area contributed by atoms with Gasteiger partial charge in [-0.25, -0.2) is 0 Å². The lowest BCUT2D eigenvalue weighted by Gasteiger charge is -2.21. The van der Waals surface area contributed by atoms with E-state index in [2.05, 4.69) is 18.7 Å². The number of anilines is 1. The van der Waals surface area contributed by atoms with E-state index in [1.54, 1.807) is 0 Å². The number of thiol groups is 1. The van der Waals surface area contributed by atoms with Crippen LogP contribution in [-0.4, -0.2) is 5.25 Å². The van der Waals surface area contributed by atoms with Gasteiger partial charge in [-0.3, -0.25) is 0 Å². The molecule has 0 radical (unpaired) electrons. The highest BCUT2D eigenvalue weighted by Gasteiger charge is 2.18. The number of nitrogen functional groups attached to an aromatic ring is 1. The second kappa shape index (κ2) is 4.03. The van der Waals surface area contributed by atoms with Crippen molar-refractivity contribution in [2.45, 2.75) is 11.2 Å². The Kier molecular flexibility index (Phi) is 2.73. The molecule has 0 aromatic heterocycles. The van der Waals surface area contributed by atoms with E-state index in [1.807, 2.05) is 36.4 Å². The molecule has 0 bridgehead atoms. The Balaban J connectivity index is 2.26. The Hall–Kier alpha value is -1.35. The first-order valence-corrected chi connectivity index (χ1v) is 5.37. The van der Waals surface area contributed by atoms with Crippen molar-refractivity contribution in [2.75, 3.05) is 5.73 Å². The van der Waals surface area contributed by atoms with Gasteiger partial charge in [-0.05, 0) is 29.8 Å². The number of benzene rings is 1. The van der Waals surface area contributed by atoms with E-state index < -0.39 is 0 Å². The van der Waals surface area contributed by atoms with Crippen LogP contribution >= 0.6 is 12.6 Å². The van der Waals surface area contributed by atoms with Gasteiger partial charge in [0.1, 0.15) is 0 Å². The van der Waals surface area contributed by atoms with E-state index in [4.69, 9.17) is 11.5 Å². The van der Waals surface area contributed by atoms with Crippen molar-refractivity contribution in [1.29, 1.82) is 0 Å². The fraction of sp³-hybridized carbons (Fsp3) is 0.167. The Labute approximate surface area is 95.1 Å². The first kappa shape index (κ1) is 10.2. The van der Waals surface area contributed by atoms with Crippen molar-refractivity contribution in [3.63, 3.8) is 0 Å². The predicted octanol–water partition coefficient (Wildman–Crippen LogP) is 2.06. The summed E-state index contributed by atoms with van der Waals surface area (Å²) in [7, 11) is 0. The fourth-order valence-corrected chi connectivity index (χ4v) is 2.16. The van der Waals surface area contributed by atoms with E-state index in [-0.39, 0.29) is 11.2 Å². The monoisotopic (exact) mass is 218 g/mol. The van der Waals surface area contributed by atoms with Crippen LogP contribution in [0.4, 0.5) is 5.69 Å². The van der Waals surface area contributed by atoms with E-state index in [9.17, 15) is 0 Å². The van der Waals surface area contributed by atoms with Crippen LogP contribution in [-0.2, 0) is 0 Å². The average molecular weight is 218 g/mol. The molecule has 4 N–H and O–H groups in total. The van der Waals surface area contributed by atoms with Gasteiger partial charge in [-0.2, -0.15) is 12.6 Å². The molecule has 1 aliphatic rings. The Morgan fingerprint density at radius 3 is 2.33 bits per heavy atom. The third-order valence-corrected chi connectivity index (χ3v) is 3.02. The Morgan fingerprint density at radius 2 is 1.73 bits per heavy atom. The molecule has 0 heterocycles. The highest BCUT2D eigenvalue weighted by Crippen LogP contribution is 2.29. The Morgan fingerprint density at radius 1 is 1.07 bits per heavy atom. The third kappa shape index (κ3) is 2.18. The number of allylic oxidation sites excluding steroid dienone is 2. The number of hydrogen-bond donors (Lipinski definition) is 3. The molecular weight excluding hydrogens is 204 g/mol. The van der Waals surface area contributed by atoms with E-state index >= 15 is 0 Å². The van der Waals surface area contributed by atoms with Gasteiger partial charge in [0.15, 0.2) is 0 Å². The lowest BCUT2D eigenvalue weighted by atomic mass is 9.91. The second-order valence-corrected chi connectivity index (χ2v) is 4.31. The van der Waals surface area contributed by atoms with Crippen LogP contribution in [0.15, 0.2) is 48.2 Å². The van der Waals surface area contributed by atoms with Crippen LogP contribution in [0.5, 0.6) is 0 Å². The van der Waals surface area contributed by atoms with Gasteiger partial charge in [0.25, 0.3) is 0 Å². The molecule has 1 aromatic rings. The van der Waals surface area contributed by atoms with Crippen molar-refractivity contribution < 1.29 is 0 Å². The minimum absolute atomic E-state index is 0.138. The molecule has 3 heteroatoms.